The summed E-state index contributed by atoms with van der Waals surface area (Å²) in [6.45, 7) is 2.66. The molecule has 3 aromatic rings. The number of carbonyl (C=O) groups excluding carboxylic acids is 1. The number of likely N-dealkylation sites (tertiary alicyclic amines) is 1. The van der Waals surface area contributed by atoms with Crippen LogP contribution in [-0.4, -0.2) is 78.2 Å². The molecule has 0 aromatic carbocycles. The normalized spacial score (nSPS) is 28.2. The van der Waals surface area contributed by atoms with Gasteiger partial charge in [0, 0.05) is 73.9 Å². The first-order chi connectivity index (χ1) is 19.7. The summed E-state index contributed by atoms with van der Waals surface area (Å²) in [5.41, 5.74) is 2.20. The van der Waals surface area contributed by atoms with Crippen molar-refractivity contribution in [2.45, 2.75) is 88.0 Å². The van der Waals surface area contributed by atoms with Gasteiger partial charge in [-0.2, -0.15) is 10.1 Å². The van der Waals surface area contributed by atoms with Crippen molar-refractivity contribution in [1.29, 1.82) is 0 Å². The number of hydrogen-bond acceptors (Lipinski definition) is 8. The lowest BCUT2D eigenvalue weighted by Crippen LogP contribution is -2.54. The van der Waals surface area contributed by atoms with E-state index in [1.54, 1.807) is 6.20 Å². The summed E-state index contributed by atoms with van der Waals surface area (Å²) in [6.07, 6.45) is 11.6. The van der Waals surface area contributed by atoms with Crippen LogP contribution in [0.5, 0.6) is 0 Å². The largest absolute Gasteiger partial charge is 0.351 e. The van der Waals surface area contributed by atoms with Gasteiger partial charge >= 0.3 is 6.03 Å². The second kappa shape index (κ2) is 11.0. The third kappa shape index (κ3) is 5.47. The highest BCUT2D eigenvalue weighted by molar-refractivity contribution is 5.75. The fourth-order valence-electron chi connectivity index (χ4n) is 7.11. The van der Waals surface area contributed by atoms with E-state index in [4.69, 9.17) is 0 Å². The molecule has 2 saturated carbocycles. The van der Waals surface area contributed by atoms with E-state index in [1.165, 1.54) is 0 Å². The lowest BCUT2D eigenvalue weighted by molar-refractivity contribution is 0.119. The van der Waals surface area contributed by atoms with Crippen molar-refractivity contribution in [3.8, 4) is 0 Å². The minimum atomic E-state index is 0.107. The topological polar surface area (TPSA) is 127 Å². The van der Waals surface area contributed by atoms with Gasteiger partial charge in [-0.15, -0.1) is 0 Å². The summed E-state index contributed by atoms with van der Waals surface area (Å²) < 4.78 is 0. The van der Waals surface area contributed by atoms with E-state index in [2.05, 4.69) is 63.0 Å². The van der Waals surface area contributed by atoms with Gasteiger partial charge in [-0.1, -0.05) is 6.07 Å². The molecule has 40 heavy (non-hydrogen) atoms. The van der Waals surface area contributed by atoms with Crippen LogP contribution in [0, 0.1) is 0 Å². The van der Waals surface area contributed by atoms with Crippen LogP contribution < -0.4 is 16.0 Å². The van der Waals surface area contributed by atoms with Crippen LogP contribution in [0.1, 0.15) is 68.7 Å². The summed E-state index contributed by atoms with van der Waals surface area (Å²) in [6, 6.07) is 11.0. The lowest BCUT2D eigenvalue weighted by atomic mass is 9.89. The fraction of sp³-hybridized carbons (Fsp3) is 0.552. The van der Waals surface area contributed by atoms with E-state index >= 15 is 0 Å². The summed E-state index contributed by atoms with van der Waals surface area (Å²) in [5.74, 6) is 2.47. The van der Waals surface area contributed by atoms with E-state index in [9.17, 15) is 4.79 Å². The number of pyridine rings is 1. The number of fused-ring (bicyclic) bond motifs is 2. The minimum Gasteiger partial charge on any atom is -0.351 e. The quantitative estimate of drug-likeness (QED) is 0.391. The zero-order valence-electron chi connectivity index (χ0n) is 22.8. The van der Waals surface area contributed by atoms with E-state index in [0.717, 1.165) is 94.0 Å². The molecule has 8 rings (SSSR count). The number of hydrogen-bond donors (Lipinski definition) is 4. The average Bonchev–Trinajstić information content (AvgIpc) is 3.72. The first-order valence-electron chi connectivity index (χ1n) is 14.8. The Kier molecular flexibility index (Phi) is 6.97. The van der Waals surface area contributed by atoms with Crippen molar-refractivity contribution >= 4 is 23.6 Å². The monoisotopic (exact) mass is 542 g/mol. The molecule has 3 atom stereocenters. The molecule has 11 nitrogen and oxygen atoms in total. The number of urea groups is 1. The molecule has 2 amide bonds. The second-order valence-electron chi connectivity index (χ2n) is 11.8. The molecule has 2 aliphatic carbocycles. The number of aromatic amines is 1. The van der Waals surface area contributed by atoms with Crippen LogP contribution in [0.3, 0.4) is 0 Å². The molecule has 3 fully saturated rings. The van der Waals surface area contributed by atoms with Gasteiger partial charge in [0.05, 0.1) is 5.69 Å². The molecular weight excluding hydrogens is 504 g/mol. The van der Waals surface area contributed by atoms with Crippen LogP contribution in [0.4, 0.5) is 22.4 Å². The highest BCUT2D eigenvalue weighted by Crippen LogP contribution is 2.39. The maximum atomic E-state index is 14.0. The van der Waals surface area contributed by atoms with E-state index in [-0.39, 0.29) is 24.2 Å². The SMILES string of the molecule is O=C(NC1CCN(Cc2ccccn2)C1)N1C2CCC(CC2)Nc2nccc(n2)Nc2cc([nH]n2)C2CCC1C2. The van der Waals surface area contributed by atoms with Crippen LogP contribution in [-0.2, 0) is 6.54 Å². The zero-order valence-corrected chi connectivity index (χ0v) is 22.8. The smallest absolute Gasteiger partial charge is 0.318 e. The number of nitrogens with one attached hydrogen (secondary N) is 4. The lowest BCUT2D eigenvalue weighted by Gasteiger charge is -2.41. The number of nitrogens with zero attached hydrogens (tertiary/aromatic N) is 6. The van der Waals surface area contributed by atoms with Crippen molar-refractivity contribution in [1.82, 2.24) is 40.3 Å². The predicted molar refractivity (Wildman–Crippen MR) is 152 cm³/mol. The van der Waals surface area contributed by atoms with Crippen LogP contribution in [0.25, 0.3) is 0 Å². The Bertz CT molecular complexity index is 1310. The third-order valence-corrected chi connectivity index (χ3v) is 9.12. The number of H-pyrrole nitrogens is 1. The zero-order chi connectivity index (χ0) is 26.9. The maximum absolute atomic E-state index is 14.0. The molecule has 8 bridgehead atoms. The fourth-order valence-corrected chi connectivity index (χ4v) is 7.11. The van der Waals surface area contributed by atoms with Gasteiger partial charge in [0.1, 0.15) is 5.82 Å². The van der Waals surface area contributed by atoms with Crippen molar-refractivity contribution < 1.29 is 4.79 Å². The number of amides is 2. The van der Waals surface area contributed by atoms with E-state index < -0.39 is 0 Å². The Morgan fingerprint density at radius 1 is 0.975 bits per heavy atom. The van der Waals surface area contributed by atoms with Crippen molar-refractivity contribution in [3.63, 3.8) is 0 Å². The summed E-state index contributed by atoms with van der Waals surface area (Å²) >= 11 is 0. The Morgan fingerprint density at radius 3 is 2.75 bits per heavy atom. The second-order valence-corrected chi connectivity index (χ2v) is 11.8. The maximum Gasteiger partial charge on any atom is 0.318 e. The molecule has 4 N–H and O–H groups in total. The van der Waals surface area contributed by atoms with Gasteiger partial charge in [-0.05, 0) is 69.6 Å². The van der Waals surface area contributed by atoms with Crippen LogP contribution in [0.15, 0.2) is 42.7 Å². The standard InChI is InChI=1S/C29H38N10O/c40-29(33-22-11-14-38(18-22)17-21-3-1-2-12-30-21)39-23-8-5-20(6-9-23)32-28-31-13-10-26(35-28)34-27-16-25(36-37-27)19-4-7-24(39)15-19/h1-3,10,12-13,16,19-20,22-24H,4-9,11,14-15,17-18H2,(H,33,40)(H3,31,32,34,35,36,37). The van der Waals surface area contributed by atoms with Crippen molar-refractivity contribution in [2.75, 3.05) is 23.7 Å². The number of rotatable bonds is 3. The van der Waals surface area contributed by atoms with E-state index in [1.807, 2.05) is 24.4 Å². The summed E-state index contributed by atoms with van der Waals surface area (Å²) in [5, 5.41) is 18.0. The molecule has 11 heteroatoms. The molecular formula is C29H38N10O. The van der Waals surface area contributed by atoms with Gasteiger partial charge in [-0.3, -0.25) is 15.0 Å². The van der Waals surface area contributed by atoms with Crippen molar-refractivity contribution in [3.05, 3.63) is 54.1 Å². The predicted octanol–water partition coefficient (Wildman–Crippen LogP) is 4.00. The molecule has 1 saturated heterocycles. The Morgan fingerprint density at radius 2 is 1.88 bits per heavy atom. The summed E-state index contributed by atoms with van der Waals surface area (Å²) in [4.78, 5) is 32.2. The van der Waals surface area contributed by atoms with Gasteiger partial charge < -0.3 is 20.9 Å². The van der Waals surface area contributed by atoms with Gasteiger partial charge in [0.2, 0.25) is 5.95 Å². The first kappa shape index (κ1) is 25.3. The molecule has 6 heterocycles. The Hall–Kier alpha value is -3.73. The Balaban J connectivity index is 1.08. The molecule has 210 valence electrons. The summed E-state index contributed by atoms with van der Waals surface area (Å²) in [7, 11) is 0. The number of aromatic nitrogens is 5. The Labute approximate surface area is 234 Å². The molecule has 0 radical (unpaired) electrons. The van der Waals surface area contributed by atoms with Crippen LogP contribution in [0.2, 0.25) is 0 Å². The van der Waals surface area contributed by atoms with Gasteiger partial charge in [0.25, 0.3) is 0 Å². The molecule has 3 aromatic heterocycles. The van der Waals surface area contributed by atoms with Crippen LogP contribution >= 0.6 is 0 Å². The highest BCUT2D eigenvalue weighted by atomic mass is 16.2. The average molecular weight is 543 g/mol. The van der Waals surface area contributed by atoms with Gasteiger partial charge in [0.15, 0.2) is 5.82 Å². The highest BCUT2D eigenvalue weighted by Gasteiger charge is 2.39. The number of carbonyl (C=O) groups is 1. The van der Waals surface area contributed by atoms with E-state index in [0.29, 0.717) is 17.9 Å². The van der Waals surface area contributed by atoms with Gasteiger partial charge in [-0.25, -0.2) is 9.78 Å². The molecule has 0 spiro atoms. The molecule has 5 aliphatic rings. The third-order valence-electron chi connectivity index (χ3n) is 9.12. The van der Waals surface area contributed by atoms with Crippen molar-refractivity contribution in [2.24, 2.45) is 0 Å². The number of anilines is 3. The first-order valence-corrected chi connectivity index (χ1v) is 14.8. The molecule has 3 unspecified atom stereocenters. The molecule has 3 aliphatic heterocycles. The minimum absolute atomic E-state index is 0.107.